The Morgan fingerprint density at radius 3 is 2.79 bits per heavy atom. The minimum Gasteiger partial charge on any atom is -0.485 e. The standard InChI is InChI=1S/C14H20N2O3/c1-9(15)7-10(2)16-14(17)13-8-18-11-5-3-4-6-12(11)19-13/h3-6,9-10,13H,7-8,15H2,1-2H3,(H,16,17). The predicted molar refractivity (Wildman–Crippen MR) is 72.2 cm³/mol. The number of carbonyl (C=O) groups is 1. The van der Waals surface area contributed by atoms with E-state index in [-0.39, 0.29) is 24.6 Å². The van der Waals surface area contributed by atoms with Crippen LogP contribution >= 0.6 is 0 Å². The molecule has 5 nitrogen and oxygen atoms in total. The van der Waals surface area contributed by atoms with E-state index in [0.29, 0.717) is 11.5 Å². The summed E-state index contributed by atoms with van der Waals surface area (Å²) in [7, 11) is 0. The highest BCUT2D eigenvalue weighted by Crippen LogP contribution is 2.30. The van der Waals surface area contributed by atoms with E-state index in [2.05, 4.69) is 5.32 Å². The van der Waals surface area contributed by atoms with Gasteiger partial charge >= 0.3 is 0 Å². The number of nitrogens with two attached hydrogens (primary N) is 1. The molecule has 0 aliphatic carbocycles. The van der Waals surface area contributed by atoms with Crippen molar-refractivity contribution in [1.29, 1.82) is 0 Å². The Kier molecular flexibility index (Phi) is 4.27. The van der Waals surface area contributed by atoms with Crippen LogP contribution in [0.3, 0.4) is 0 Å². The lowest BCUT2D eigenvalue weighted by Crippen LogP contribution is -2.47. The summed E-state index contributed by atoms with van der Waals surface area (Å²) >= 11 is 0. The molecule has 0 radical (unpaired) electrons. The van der Waals surface area contributed by atoms with E-state index in [4.69, 9.17) is 15.2 Å². The topological polar surface area (TPSA) is 73.6 Å². The van der Waals surface area contributed by atoms with Crippen molar-refractivity contribution in [3.63, 3.8) is 0 Å². The number of hydrogen-bond acceptors (Lipinski definition) is 4. The Bertz CT molecular complexity index is 448. The quantitative estimate of drug-likeness (QED) is 0.853. The number of amides is 1. The van der Waals surface area contributed by atoms with Gasteiger partial charge in [0.1, 0.15) is 6.61 Å². The normalized spacial score (nSPS) is 20.5. The van der Waals surface area contributed by atoms with Crippen molar-refractivity contribution in [2.24, 2.45) is 5.73 Å². The Labute approximate surface area is 113 Å². The molecule has 1 aromatic carbocycles. The van der Waals surface area contributed by atoms with Crippen LogP contribution in [0.25, 0.3) is 0 Å². The SMILES string of the molecule is CC(N)CC(C)NC(=O)C1COc2ccccc2O1. The van der Waals surface area contributed by atoms with Crippen molar-refractivity contribution in [1.82, 2.24) is 5.32 Å². The average Bonchev–Trinajstić information content (AvgIpc) is 2.37. The molecule has 5 heteroatoms. The van der Waals surface area contributed by atoms with Gasteiger partial charge in [-0.15, -0.1) is 0 Å². The van der Waals surface area contributed by atoms with Crippen LogP contribution in [0.5, 0.6) is 11.5 Å². The summed E-state index contributed by atoms with van der Waals surface area (Å²) in [6.07, 6.45) is 0.126. The molecule has 1 aliphatic rings. The Morgan fingerprint density at radius 2 is 2.11 bits per heavy atom. The summed E-state index contributed by atoms with van der Waals surface area (Å²) < 4.78 is 11.1. The molecule has 1 aromatic rings. The molecule has 1 heterocycles. The largest absolute Gasteiger partial charge is 0.485 e. The highest BCUT2D eigenvalue weighted by molar-refractivity contribution is 5.82. The number of benzene rings is 1. The van der Waals surface area contributed by atoms with Crippen molar-refractivity contribution in [3.8, 4) is 11.5 Å². The lowest BCUT2D eigenvalue weighted by Gasteiger charge is -2.27. The van der Waals surface area contributed by atoms with Gasteiger partial charge in [0, 0.05) is 12.1 Å². The summed E-state index contributed by atoms with van der Waals surface area (Å²) in [6, 6.07) is 7.41. The molecule has 1 amide bonds. The minimum atomic E-state index is -0.606. The number of carbonyl (C=O) groups excluding carboxylic acids is 1. The van der Waals surface area contributed by atoms with Crippen LogP contribution in [0.2, 0.25) is 0 Å². The van der Waals surface area contributed by atoms with Gasteiger partial charge in [-0.3, -0.25) is 4.79 Å². The monoisotopic (exact) mass is 264 g/mol. The predicted octanol–water partition coefficient (Wildman–Crippen LogP) is 1.07. The third-order valence-electron chi connectivity index (χ3n) is 2.92. The molecular weight excluding hydrogens is 244 g/mol. The molecule has 0 aromatic heterocycles. The number of fused-ring (bicyclic) bond motifs is 1. The van der Waals surface area contributed by atoms with Crippen LogP contribution in [-0.2, 0) is 4.79 Å². The summed E-state index contributed by atoms with van der Waals surface area (Å²) in [6.45, 7) is 4.08. The Hall–Kier alpha value is -1.75. The lowest BCUT2D eigenvalue weighted by molar-refractivity contribution is -0.131. The third-order valence-corrected chi connectivity index (χ3v) is 2.92. The van der Waals surface area contributed by atoms with E-state index in [1.807, 2.05) is 32.0 Å². The fourth-order valence-electron chi connectivity index (χ4n) is 2.10. The molecule has 0 saturated heterocycles. The zero-order chi connectivity index (χ0) is 13.8. The maximum Gasteiger partial charge on any atom is 0.264 e. The number of hydrogen-bond donors (Lipinski definition) is 2. The first-order valence-corrected chi connectivity index (χ1v) is 6.50. The zero-order valence-corrected chi connectivity index (χ0v) is 11.3. The average molecular weight is 264 g/mol. The van der Waals surface area contributed by atoms with Crippen LogP contribution in [0, 0.1) is 0 Å². The van der Waals surface area contributed by atoms with Crippen LogP contribution in [0.4, 0.5) is 0 Å². The first-order valence-electron chi connectivity index (χ1n) is 6.50. The van der Waals surface area contributed by atoms with Crippen LogP contribution in [0.15, 0.2) is 24.3 Å². The van der Waals surface area contributed by atoms with Crippen LogP contribution < -0.4 is 20.5 Å². The molecular formula is C14H20N2O3. The van der Waals surface area contributed by atoms with E-state index >= 15 is 0 Å². The smallest absolute Gasteiger partial charge is 0.264 e. The van der Waals surface area contributed by atoms with E-state index in [0.717, 1.165) is 6.42 Å². The van der Waals surface area contributed by atoms with Gasteiger partial charge in [0.2, 0.25) is 6.10 Å². The molecule has 1 aliphatic heterocycles. The maximum absolute atomic E-state index is 12.0. The van der Waals surface area contributed by atoms with Crippen LogP contribution in [0.1, 0.15) is 20.3 Å². The second-order valence-electron chi connectivity index (χ2n) is 4.99. The molecule has 0 bridgehead atoms. The summed E-state index contributed by atoms with van der Waals surface area (Å²) in [5, 5.41) is 2.89. The number of rotatable bonds is 4. The van der Waals surface area contributed by atoms with Crippen molar-refractivity contribution >= 4 is 5.91 Å². The molecule has 0 fully saturated rings. The Balaban J connectivity index is 1.92. The second-order valence-corrected chi connectivity index (χ2v) is 4.99. The Morgan fingerprint density at radius 1 is 1.42 bits per heavy atom. The summed E-state index contributed by atoms with van der Waals surface area (Å²) in [4.78, 5) is 12.0. The maximum atomic E-state index is 12.0. The van der Waals surface area contributed by atoms with Crippen molar-refractivity contribution in [2.45, 2.75) is 38.5 Å². The van der Waals surface area contributed by atoms with Crippen molar-refractivity contribution in [3.05, 3.63) is 24.3 Å². The number of ether oxygens (including phenoxy) is 2. The minimum absolute atomic E-state index is 0.0215. The van der Waals surface area contributed by atoms with Crippen molar-refractivity contribution < 1.29 is 14.3 Å². The molecule has 3 atom stereocenters. The fourth-order valence-corrected chi connectivity index (χ4v) is 2.10. The molecule has 19 heavy (non-hydrogen) atoms. The molecule has 2 rings (SSSR count). The highest BCUT2D eigenvalue weighted by atomic mass is 16.6. The highest BCUT2D eigenvalue weighted by Gasteiger charge is 2.27. The van der Waals surface area contributed by atoms with E-state index in [1.165, 1.54) is 0 Å². The second kappa shape index (κ2) is 5.93. The molecule has 0 spiro atoms. The number of nitrogens with one attached hydrogen (secondary N) is 1. The molecule has 3 N–H and O–H groups in total. The van der Waals surface area contributed by atoms with Gasteiger partial charge in [0.05, 0.1) is 0 Å². The lowest BCUT2D eigenvalue weighted by atomic mass is 10.1. The van der Waals surface area contributed by atoms with Gasteiger partial charge in [0.25, 0.3) is 5.91 Å². The van der Waals surface area contributed by atoms with Gasteiger partial charge in [0.15, 0.2) is 11.5 Å². The van der Waals surface area contributed by atoms with Crippen molar-refractivity contribution in [2.75, 3.05) is 6.61 Å². The van der Waals surface area contributed by atoms with Gasteiger partial charge in [-0.2, -0.15) is 0 Å². The van der Waals surface area contributed by atoms with Gasteiger partial charge < -0.3 is 20.5 Å². The van der Waals surface area contributed by atoms with Gasteiger partial charge in [-0.25, -0.2) is 0 Å². The van der Waals surface area contributed by atoms with Gasteiger partial charge in [-0.1, -0.05) is 12.1 Å². The molecule has 3 unspecified atom stereocenters. The van der Waals surface area contributed by atoms with E-state index < -0.39 is 6.10 Å². The molecule has 0 saturated carbocycles. The zero-order valence-electron chi connectivity index (χ0n) is 11.3. The fraction of sp³-hybridized carbons (Fsp3) is 0.500. The van der Waals surface area contributed by atoms with Gasteiger partial charge in [-0.05, 0) is 32.4 Å². The van der Waals surface area contributed by atoms with E-state index in [9.17, 15) is 4.79 Å². The first kappa shape index (κ1) is 13.7. The molecule has 104 valence electrons. The first-order chi connectivity index (χ1) is 9.06. The summed E-state index contributed by atoms with van der Waals surface area (Å²) in [5.74, 6) is 1.12. The summed E-state index contributed by atoms with van der Waals surface area (Å²) in [5.41, 5.74) is 5.70. The third kappa shape index (κ3) is 3.61. The van der Waals surface area contributed by atoms with E-state index in [1.54, 1.807) is 6.07 Å². The van der Waals surface area contributed by atoms with Crippen LogP contribution in [-0.4, -0.2) is 30.7 Å². The number of para-hydroxylation sites is 2.